The molecule has 0 bridgehead atoms. The van der Waals surface area contributed by atoms with Crippen LogP contribution in [0.15, 0.2) is 72.8 Å². The summed E-state index contributed by atoms with van der Waals surface area (Å²) in [6.07, 6.45) is 0. The van der Waals surface area contributed by atoms with E-state index >= 15 is 0 Å². The van der Waals surface area contributed by atoms with E-state index in [2.05, 4.69) is 33.0 Å². The van der Waals surface area contributed by atoms with Crippen molar-refractivity contribution in [1.82, 2.24) is 10.2 Å². The Kier molecular flexibility index (Phi) is 6.56. The summed E-state index contributed by atoms with van der Waals surface area (Å²) in [6, 6.07) is 23.3. The van der Waals surface area contributed by atoms with Crippen molar-refractivity contribution < 1.29 is 9.59 Å². The SMILES string of the molecule is CCNC(=O)c1ccc2c(c1)NC(=O)/C2=C(\Nc1ccc(CN(C)C)cc1)c1ccccc1. The topological polar surface area (TPSA) is 73.5 Å². The van der Waals surface area contributed by atoms with Gasteiger partial charge in [-0.25, -0.2) is 0 Å². The molecule has 1 heterocycles. The van der Waals surface area contributed by atoms with Crippen molar-refractivity contribution in [2.75, 3.05) is 31.3 Å². The molecule has 6 nitrogen and oxygen atoms in total. The second-order valence-corrected chi connectivity index (χ2v) is 8.25. The summed E-state index contributed by atoms with van der Waals surface area (Å²) in [6.45, 7) is 3.28. The second-order valence-electron chi connectivity index (χ2n) is 8.25. The van der Waals surface area contributed by atoms with Gasteiger partial charge in [0.25, 0.3) is 11.8 Å². The molecule has 0 radical (unpaired) electrons. The van der Waals surface area contributed by atoms with E-state index in [1.54, 1.807) is 12.1 Å². The summed E-state index contributed by atoms with van der Waals surface area (Å²) in [7, 11) is 4.08. The predicted molar refractivity (Wildman–Crippen MR) is 134 cm³/mol. The lowest BCUT2D eigenvalue weighted by molar-refractivity contribution is -0.110. The number of carbonyl (C=O) groups is 2. The van der Waals surface area contributed by atoms with E-state index < -0.39 is 0 Å². The van der Waals surface area contributed by atoms with Crippen molar-refractivity contribution in [2.45, 2.75) is 13.5 Å². The number of benzene rings is 3. The van der Waals surface area contributed by atoms with Crippen LogP contribution in [0.4, 0.5) is 11.4 Å². The first kappa shape index (κ1) is 22.3. The van der Waals surface area contributed by atoms with Crippen molar-refractivity contribution in [1.29, 1.82) is 0 Å². The number of hydrogen-bond acceptors (Lipinski definition) is 4. The molecule has 1 aliphatic heterocycles. The van der Waals surface area contributed by atoms with E-state index in [1.165, 1.54) is 5.56 Å². The van der Waals surface area contributed by atoms with Gasteiger partial charge < -0.3 is 20.9 Å². The summed E-state index contributed by atoms with van der Waals surface area (Å²) in [5, 5.41) is 9.20. The average molecular weight is 441 g/mol. The zero-order valence-electron chi connectivity index (χ0n) is 19.1. The lowest BCUT2D eigenvalue weighted by Crippen LogP contribution is -2.22. The molecule has 168 valence electrons. The first-order chi connectivity index (χ1) is 16.0. The summed E-state index contributed by atoms with van der Waals surface area (Å²) in [5.74, 6) is -0.361. The van der Waals surface area contributed by atoms with Crippen molar-refractivity contribution in [3.63, 3.8) is 0 Å². The van der Waals surface area contributed by atoms with Crippen LogP contribution in [0.5, 0.6) is 0 Å². The monoisotopic (exact) mass is 440 g/mol. The fourth-order valence-corrected chi connectivity index (χ4v) is 3.91. The third-order valence-electron chi connectivity index (χ3n) is 5.40. The molecule has 6 heteroatoms. The molecular weight excluding hydrogens is 412 g/mol. The normalized spacial score (nSPS) is 14.0. The molecule has 4 rings (SSSR count). The Morgan fingerprint density at radius 1 is 0.939 bits per heavy atom. The quantitative estimate of drug-likeness (QED) is 0.475. The van der Waals surface area contributed by atoms with Crippen molar-refractivity contribution in [2.24, 2.45) is 0 Å². The Balaban J connectivity index is 1.76. The van der Waals surface area contributed by atoms with E-state index in [-0.39, 0.29) is 11.8 Å². The average Bonchev–Trinajstić information content (AvgIpc) is 3.13. The highest BCUT2D eigenvalue weighted by molar-refractivity contribution is 6.37. The maximum absolute atomic E-state index is 13.1. The molecule has 2 amide bonds. The number of anilines is 2. The van der Waals surface area contributed by atoms with Crippen LogP contribution in [-0.4, -0.2) is 37.4 Å². The Hall–Kier alpha value is -3.90. The molecule has 0 unspecified atom stereocenters. The van der Waals surface area contributed by atoms with Gasteiger partial charge in [0.2, 0.25) is 0 Å². The van der Waals surface area contributed by atoms with Gasteiger partial charge in [-0.15, -0.1) is 0 Å². The molecule has 1 aliphatic rings. The Morgan fingerprint density at radius 2 is 1.67 bits per heavy atom. The van der Waals surface area contributed by atoms with Crippen LogP contribution in [0.25, 0.3) is 11.3 Å². The molecule has 3 aromatic carbocycles. The predicted octanol–water partition coefficient (Wildman–Crippen LogP) is 4.43. The van der Waals surface area contributed by atoms with Crippen LogP contribution in [-0.2, 0) is 11.3 Å². The Bertz CT molecular complexity index is 1200. The van der Waals surface area contributed by atoms with Crippen LogP contribution in [0.2, 0.25) is 0 Å². The lowest BCUT2D eigenvalue weighted by Gasteiger charge is -2.16. The lowest BCUT2D eigenvalue weighted by atomic mass is 9.98. The second kappa shape index (κ2) is 9.71. The molecule has 0 spiro atoms. The largest absolute Gasteiger partial charge is 0.354 e. The molecule has 0 saturated heterocycles. The minimum atomic E-state index is -0.200. The molecule has 3 N–H and O–H groups in total. The molecule has 0 atom stereocenters. The highest BCUT2D eigenvalue weighted by atomic mass is 16.2. The fourth-order valence-electron chi connectivity index (χ4n) is 3.91. The van der Waals surface area contributed by atoms with Crippen LogP contribution in [0.1, 0.15) is 34.0 Å². The van der Waals surface area contributed by atoms with Crippen LogP contribution in [0, 0.1) is 0 Å². The summed E-state index contributed by atoms with van der Waals surface area (Å²) in [4.78, 5) is 27.5. The number of nitrogens with one attached hydrogen (secondary N) is 3. The highest BCUT2D eigenvalue weighted by Crippen LogP contribution is 2.38. The third-order valence-corrected chi connectivity index (χ3v) is 5.40. The van der Waals surface area contributed by atoms with Gasteiger partial charge in [-0.05, 0) is 56.4 Å². The molecule has 0 aliphatic carbocycles. The van der Waals surface area contributed by atoms with E-state index in [4.69, 9.17) is 0 Å². The van der Waals surface area contributed by atoms with Crippen LogP contribution >= 0.6 is 0 Å². The van der Waals surface area contributed by atoms with Gasteiger partial charge in [0, 0.05) is 35.6 Å². The molecule has 0 fully saturated rings. The number of amides is 2. The Morgan fingerprint density at radius 3 is 2.33 bits per heavy atom. The first-order valence-electron chi connectivity index (χ1n) is 11.0. The number of rotatable bonds is 7. The fraction of sp³-hybridized carbons (Fsp3) is 0.185. The molecule has 0 saturated carbocycles. The van der Waals surface area contributed by atoms with Crippen LogP contribution in [0.3, 0.4) is 0 Å². The van der Waals surface area contributed by atoms with Crippen molar-refractivity contribution in [3.8, 4) is 0 Å². The van der Waals surface area contributed by atoms with Gasteiger partial charge in [-0.1, -0.05) is 48.5 Å². The van der Waals surface area contributed by atoms with E-state index in [0.717, 1.165) is 29.1 Å². The summed E-state index contributed by atoms with van der Waals surface area (Å²) in [5.41, 5.74) is 6.20. The number of nitrogens with zero attached hydrogens (tertiary/aromatic N) is 1. The molecule has 33 heavy (non-hydrogen) atoms. The highest BCUT2D eigenvalue weighted by Gasteiger charge is 2.29. The standard InChI is InChI=1S/C27H28N4O2/c1-4-28-26(32)20-12-15-22-23(16-20)30-27(33)24(22)25(19-8-6-5-7-9-19)29-21-13-10-18(11-14-21)17-31(2)3/h5-16,29H,4,17H2,1-3H3,(H,28,32)(H,30,33)/b25-24-. The minimum Gasteiger partial charge on any atom is -0.354 e. The van der Waals surface area contributed by atoms with Crippen molar-refractivity contribution in [3.05, 3.63) is 95.1 Å². The van der Waals surface area contributed by atoms with E-state index in [0.29, 0.717) is 23.4 Å². The molecule has 0 aromatic heterocycles. The zero-order chi connectivity index (χ0) is 23.4. The maximum atomic E-state index is 13.1. The van der Waals surface area contributed by atoms with E-state index in [1.807, 2.05) is 69.6 Å². The summed E-state index contributed by atoms with van der Waals surface area (Å²) < 4.78 is 0. The van der Waals surface area contributed by atoms with Gasteiger partial charge in [0.05, 0.1) is 11.3 Å². The van der Waals surface area contributed by atoms with Gasteiger partial charge >= 0.3 is 0 Å². The number of hydrogen-bond donors (Lipinski definition) is 3. The maximum Gasteiger partial charge on any atom is 0.258 e. The number of carbonyl (C=O) groups excluding carboxylic acids is 2. The van der Waals surface area contributed by atoms with Gasteiger partial charge in [-0.2, -0.15) is 0 Å². The van der Waals surface area contributed by atoms with Gasteiger partial charge in [0.1, 0.15) is 0 Å². The van der Waals surface area contributed by atoms with Gasteiger partial charge in [-0.3, -0.25) is 9.59 Å². The van der Waals surface area contributed by atoms with Gasteiger partial charge in [0.15, 0.2) is 0 Å². The summed E-state index contributed by atoms with van der Waals surface area (Å²) >= 11 is 0. The third kappa shape index (κ3) is 4.96. The van der Waals surface area contributed by atoms with Crippen molar-refractivity contribution >= 4 is 34.5 Å². The minimum absolute atomic E-state index is 0.161. The van der Waals surface area contributed by atoms with Crippen LogP contribution < -0.4 is 16.0 Å². The number of fused-ring (bicyclic) bond motifs is 1. The first-order valence-corrected chi connectivity index (χ1v) is 11.0. The van der Waals surface area contributed by atoms with E-state index in [9.17, 15) is 9.59 Å². The molecule has 3 aromatic rings. The zero-order valence-corrected chi connectivity index (χ0v) is 19.1. The molecular formula is C27H28N4O2. The smallest absolute Gasteiger partial charge is 0.258 e. The Labute approximate surface area is 194 Å².